The minimum absolute atomic E-state index is 0.768. The summed E-state index contributed by atoms with van der Waals surface area (Å²) in [5.41, 5.74) is 0. The monoisotopic (exact) mass is 184 g/mol. The Kier molecular flexibility index (Phi) is 9.56. The van der Waals surface area contributed by atoms with E-state index in [1.165, 1.54) is 25.7 Å². The van der Waals surface area contributed by atoms with Crippen LogP contribution in [-0.2, 0) is 4.74 Å². The zero-order chi connectivity index (χ0) is 9.94. The molecule has 1 nitrogen and oxygen atoms in total. The van der Waals surface area contributed by atoms with Gasteiger partial charge in [-0.15, -0.1) is 6.58 Å². The van der Waals surface area contributed by atoms with Crippen LogP contribution < -0.4 is 0 Å². The molecule has 0 aromatic carbocycles. The lowest BCUT2D eigenvalue weighted by Crippen LogP contribution is -2.09. The standard InChI is InChI=1S/C12H24O/c1-4-7-9-12(6-3)11-13-10-8-5-2/h5,12H,2,4,6-11H2,1,3H3. The summed E-state index contributed by atoms with van der Waals surface area (Å²) in [7, 11) is 0. The highest BCUT2D eigenvalue weighted by Crippen LogP contribution is 2.12. The molecule has 78 valence electrons. The molecule has 0 fully saturated rings. The fourth-order valence-electron chi connectivity index (χ4n) is 1.31. The van der Waals surface area contributed by atoms with Gasteiger partial charge in [-0.3, -0.25) is 0 Å². The molecule has 0 aliphatic heterocycles. The highest BCUT2D eigenvalue weighted by atomic mass is 16.5. The molecule has 0 aliphatic rings. The van der Waals surface area contributed by atoms with Crippen LogP contribution >= 0.6 is 0 Å². The van der Waals surface area contributed by atoms with Gasteiger partial charge in [0.15, 0.2) is 0 Å². The van der Waals surface area contributed by atoms with Gasteiger partial charge in [0, 0.05) is 6.61 Å². The first-order valence-corrected chi connectivity index (χ1v) is 5.53. The Hall–Kier alpha value is -0.300. The molecule has 0 heterocycles. The fraction of sp³-hybridized carbons (Fsp3) is 0.833. The topological polar surface area (TPSA) is 9.23 Å². The van der Waals surface area contributed by atoms with Crippen LogP contribution in [0.3, 0.4) is 0 Å². The molecule has 0 spiro atoms. The Morgan fingerprint density at radius 2 is 2.15 bits per heavy atom. The van der Waals surface area contributed by atoms with E-state index >= 15 is 0 Å². The van der Waals surface area contributed by atoms with Gasteiger partial charge in [0.2, 0.25) is 0 Å². The maximum absolute atomic E-state index is 5.55. The molecule has 0 bridgehead atoms. The largest absolute Gasteiger partial charge is 0.381 e. The van der Waals surface area contributed by atoms with Gasteiger partial charge in [-0.05, 0) is 18.8 Å². The van der Waals surface area contributed by atoms with Crippen molar-refractivity contribution in [1.82, 2.24) is 0 Å². The molecule has 0 saturated heterocycles. The van der Waals surface area contributed by atoms with Crippen LogP contribution in [-0.4, -0.2) is 13.2 Å². The van der Waals surface area contributed by atoms with Crippen LogP contribution in [0.2, 0.25) is 0 Å². The van der Waals surface area contributed by atoms with Crippen molar-refractivity contribution in [2.45, 2.75) is 46.0 Å². The average Bonchev–Trinajstić information content (AvgIpc) is 2.17. The summed E-state index contributed by atoms with van der Waals surface area (Å²) in [5, 5.41) is 0. The SMILES string of the molecule is C=CCCOCC(CC)CCCC. The van der Waals surface area contributed by atoms with E-state index in [0.717, 1.165) is 25.6 Å². The van der Waals surface area contributed by atoms with Gasteiger partial charge in [-0.1, -0.05) is 39.2 Å². The third-order valence-corrected chi connectivity index (χ3v) is 2.36. The zero-order valence-electron chi connectivity index (χ0n) is 9.22. The van der Waals surface area contributed by atoms with Crippen molar-refractivity contribution in [2.24, 2.45) is 5.92 Å². The third kappa shape index (κ3) is 8.04. The molecule has 0 aromatic rings. The molecule has 1 heteroatoms. The summed E-state index contributed by atoms with van der Waals surface area (Å²) in [6, 6.07) is 0. The summed E-state index contributed by atoms with van der Waals surface area (Å²) in [4.78, 5) is 0. The van der Waals surface area contributed by atoms with Crippen LogP contribution in [0.25, 0.3) is 0 Å². The van der Waals surface area contributed by atoms with Gasteiger partial charge in [0.1, 0.15) is 0 Å². The van der Waals surface area contributed by atoms with Gasteiger partial charge in [0.05, 0.1) is 6.61 Å². The lowest BCUT2D eigenvalue weighted by atomic mass is 10.0. The molecular weight excluding hydrogens is 160 g/mol. The molecule has 1 unspecified atom stereocenters. The summed E-state index contributed by atoms with van der Waals surface area (Å²) in [6.45, 7) is 9.93. The fourth-order valence-corrected chi connectivity index (χ4v) is 1.31. The van der Waals surface area contributed by atoms with Crippen molar-refractivity contribution in [3.8, 4) is 0 Å². The van der Waals surface area contributed by atoms with Gasteiger partial charge in [0.25, 0.3) is 0 Å². The number of hydrogen-bond donors (Lipinski definition) is 0. The third-order valence-electron chi connectivity index (χ3n) is 2.36. The Morgan fingerprint density at radius 3 is 2.69 bits per heavy atom. The van der Waals surface area contributed by atoms with Crippen molar-refractivity contribution < 1.29 is 4.74 Å². The number of rotatable bonds is 9. The minimum Gasteiger partial charge on any atom is -0.381 e. The predicted octanol–water partition coefficient (Wildman–Crippen LogP) is 3.80. The quantitative estimate of drug-likeness (QED) is 0.391. The molecule has 0 aromatic heterocycles. The van der Waals surface area contributed by atoms with Crippen LogP contribution in [0, 0.1) is 5.92 Å². The van der Waals surface area contributed by atoms with Crippen LogP contribution in [0.1, 0.15) is 46.0 Å². The van der Waals surface area contributed by atoms with E-state index in [4.69, 9.17) is 4.74 Å². The molecule has 0 amide bonds. The first-order valence-electron chi connectivity index (χ1n) is 5.53. The predicted molar refractivity (Wildman–Crippen MR) is 58.9 cm³/mol. The van der Waals surface area contributed by atoms with E-state index in [1.54, 1.807) is 0 Å². The Labute approximate surface area is 83.2 Å². The van der Waals surface area contributed by atoms with E-state index in [9.17, 15) is 0 Å². The van der Waals surface area contributed by atoms with E-state index in [0.29, 0.717) is 0 Å². The summed E-state index contributed by atoms with van der Waals surface area (Å²) >= 11 is 0. The van der Waals surface area contributed by atoms with Crippen molar-refractivity contribution >= 4 is 0 Å². The molecule has 0 radical (unpaired) electrons. The van der Waals surface area contributed by atoms with E-state index < -0.39 is 0 Å². The minimum atomic E-state index is 0.768. The molecule has 1 atom stereocenters. The van der Waals surface area contributed by atoms with Gasteiger partial charge < -0.3 is 4.74 Å². The second kappa shape index (κ2) is 9.79. The van der Waals surface area contributed by atoms with Crippen LogP contribution in [0.15, 0.2) is 12.7 Å². The molecule has 0 N–H and O–H groups in total. The number of ether oxygens (including phenoxy) is 1. The van der Waals surface area contributed by atoms with E-state index in [1.807, 2.05) is 6.08 Å². The first-order chi connectivity index (χ1) is 6.35. The smallest absolute Gasteiger partial charge is 0.0500 e. The van der Waals surface area contributed by atoms with Crippen LogP contribution in [0.5, 0.6) is 0 Å². The van der Waals surface area contributed by atoms with Gasteiger partial charge >= 0.3 is 0 Å². The van der Waals surface area contributed by atoms with Crippen molar-refractivity contribution in [1.29, 1.82) is 0 Å². The Balaban J connectivity index is 3.30. The second-order valence-electron chi connectivity index (χ2n) is 3.57. The summed E-state index contributed by atoms with van der Waals surface area (Å²) < 4.78 is 5.55. The second-order valence-corrected chi connectivity index (χ2v) is 3.57. The van der Waals surface area contributed by atoms with Crippen LogP contribution in [0.4, 0.5) is 0 Å². The first kappa shape index (κ1) is 12.7. The molecule has 0 aliphatic carbocycles. The molecular formula is C12H24O. The highest BCUT2D eigenvalue weighted by molar-refractivity contribution is 4.65. The summed E-state index contributed by atoms with van der Waals surface area (Å²) in [6.07, 6.45) is 8.08. The number of unbranched alkanes of at least 4 members (excludes halogenated alkanes) is 1. The lowest BCUT2D eigenvalue weighted by Gasteiger charge is -2.13. The maximum Gasteiger partial charge on any atom is 0.0500 e. The molecule has 13 heavy (non-hydrogen) atoms. The Morgan fingerprint density at radius 1 is 1.38 bits per heavy atom. The van der Waals surface area contributed by atoms with Crippen molar-refractivity contribution in [2.75, 3.05) is 13.2 Å². The lowest BCUT2D eigenvalue weighted by molar-refractivity contribution is 0.0975. The molecule has 0 saturated carbocycles. The summed E-state index contributed by atoms with van der Waals surface area (Å²) in [5.74, 6) is 0.768. The number of hydrogen-bond acceptors (Lipinski definition) is 1. The Bertz CT molecular complexity index is 110. The highest BCUT2D eigenvalue weighted by Gasteiger charge is 2.04. The van der Waals surface area contributed by atoms with Crippen molar-refractivity contribution in [3.05, 3.63) is 12.7 Å². The van der Waals surface area contributed by atoms with Crippen molar-refractivity contribution in [3.63, 3.8) is 0 Å². The maximum atomic E-state index is 5.55. The van der Waals surface area contributed by atoms with E-state index in [2.05, 4.69) is 20.4 Å². The zero-order valence-corrected chi connectivity index (χ0v) is 9.22. The van der Waals surface area contributed by atoms with Gasteiger partial charge in [-0.2, -0.15) is 0 Å². The normalized spacial score (nSPS) is 12.8. The van der Waals surface area contributed by atoms with Gasteiger partial charge in [-0.25, -0.2) is 0 Å². The average molecular weight is 184 g/mol. The van der Waals surface area contributed by atoms with E-state index in [-0.39, 0.29) is 0 Å². The molecule has 0 rings (SSSR count).